The van der Waals surface area contributed by atoms with Gasteiger partial charge >= 0.3 is 5.97 Å². The molecule has 0 fully saturated rings. The maximum atomic E-state index is 12.4. The van der Waals surface area contributed by atoms with Crippen LogP contribution in [0, 0.1) is 0 Å². The summed E-state index contributed by atoms with van der Waals surface area (Å²) in [6.07, 6.45) is 1.20. The van der Waals surface area contributed by atoms with Gasteiger partial charge in [0.15, 0.2) is 5.78 Å². The van der Waals surface area contributed by atoms with Crippen LogP contribution in [0.15, 0.2) is 18.2 Å². The number of rotatable bonds is 9. The second-order valence-electron chi connectivity index (χ2n) is 4.73. The SMILES string of the molecule is CCC(NCCCC(=O)O)C(=O)c1ccc(OC)c(N)c1. The molecular formula is C15H22N2O4. The highest BCUT2D eigenvalue weighted by molar-refractivity contribution is 6.01. The molecule has 0 aliphatic rings. The maximum absolute atomic E-state index is 12.4. The summed E-state index contributed by atoms with van der Waals surface area (Å²) in [5, 5.41) is 11.7. The molecule has 0 spiro atoms. The van der Waals surface area contributed by atoms with Crippen LogP contribution in [0.25, 0.3) is 0 Å². The number of hydrogen-bond donors (Lipinski definition) is 3. The van der Waals surface area contributed by atoms with Crippen molar-refractivity contribution < 1.29 is 19.4 Å². The van der Waals surface area contributed by atoms with Gasteiger partial charge in [0.25, 0.3) is 0 Å². The number of benzene rings is 1. The van der Waals surface area contributed by atoms with Crippen molar-refractivity contribution in [2.45, 2.75) is 32.2 Å². The Morgan fingerprint density at radius 2 is 2.14 bits per heavy atom. The number of ketones is 1. The number of Topliss-reactive ketones (excluding diaryl/α,β-unsaturated/α-hetero) is 1. The molecule has 0 saturated heterocycles. The van der Waals surface area contributed by atoms with Crippen molar-refractivity contribution in [3.63, 3.8) is 0 Å². The zero-order chi connectivity index (χ0) is 15.8. The van der Waals surface area contributed by atoms with Gasteiger partial charge in [-0.05, 0) is 37.6 Å². The van der Waals surface area contributed by atoms with E-state index in [1.54, 1.807) is 18.2 Å². The standard InChI is InChI=1S/C15H22N2O4/c1-3-12(17-8-4-5-14(18)19)15(20)10-6-7-13(21-2)11(16)9-10/h6-7,9,12,17H,3-5,8,16H2,1-2H3,(H,18,19). The molecule has 0 heterocycles. The molecule has 0 radical (unpaired) electrons. The smallest absolute Gasteiger partial charge is 0.303 e. The number of aliphatic carboxylic acids is 1. The number of nitrogens with two attached hydrogens (primary N) is 1. The molecule has 1 rings (SSSR count). The lowest BCUT2D eigenvalue weighted by Crippen LogP contribution is -2.37. The number of methoxy groups -OCH3 is 1. The van der Waals surface area contributed by atoms with Crippen LogP contribution in [0.4, 0.5) is 5.69 Å². The van der Waals surface area contributed by atoms with Gasteiger partial charge in [-0.15, -0.1) is 0 Å². The Bertz CT molecular complexity index is 502. The van der Waals surface area contributed by atoms with Crippen LogP contribution >= 0.6 is 0 Å². The monoisotopic (exact) mass is 294 g/mol. The largest absolute Gasteiger partial charge is 0.495 e. The second-order valence-corrected chi connectivity index (χ2v) is 4.73. The van der Waals surface area contributed by atoms with Crippen molar-refractivity contribution in [1.29, 1.82) is 0 Å². The Balaban J connectivity index is 2.65. The molecule has 1 atom stereocenters. The van der Waals surface area contributed by atoms with Gasteiger partial charge in [-0.2, -0.15) is 0 Å². The first-order valence-corrected chi connectivity index (χ1v) is 6.92. The molecule has 6 nitrogen and oxygen atoms in total. The third-order valence-corrected chi connectivity index (χ3v) is 3.20. The van der Waals surface area contributed by atoms with Crippen LogP contribution < -0.4 is 15.8 Å². The summed E-state index contributed by atoms with van der Waals surface area (Å²) < 4.78 is 5.06. The molecule has 0 aromatic heterocycles. The molecular weight excluding hydrogens is 272 g/mol. The third-order valence-electron chi connectivity index (χ3n) is 3.20. The predicted octanol–water partition coefficient (Wildman–Crippen LogP) is 1.69. The lowest BCUT2D eigenvalue weighted by Gasteiger charge is -2.16. The van der Waals surface area contributed by atoms with E-state index in [1.165, 1.54) is 7.11 Å². The number of carboxylic acid groups (broad SMARTS) is 1. The molecule has 21 heavy (non-hydrogen) atoms. The average Bonchev–Trinajstić information content (AvgIpc) is 2.46. The maximum Gasteiger partial charge on any atom is 0.303 e. The first-order chi connectivity index (χ1) is 9.99. The summed E-state index contributed by atoms with van der Waals surface area (Å²) in [6, 6.07) is 4.60. The molecule has 6 heteroatoms. The van der Waals surface area contributed by atoms with Crippen LogP contribution in [-0.2, 0) is 4.79 Å². The van der Waals surface area contributed by atoms with E-state index in [4.69, 9.17) is 15.6 Å². The minimum atomic E-state index is -0.834. The van der Waals surface area contributed by atoms with Crippen molar-refractivity contribution in [2.24, 2.45) is 0 Å². The molecule has 0 aliphatic heterocycles. The van der Waals surface area contributed by atoms with Gasteiger partial charge in [-0.25, -0.2) is 0 Å². The molecule has 1 unspecified atom stereocenters. The van der Waals surface area contributed by atoms with Crippen molar-refractivity contribution in [2.75, 3.05) is 19.4 Å². The Morgan fingerprint density at radius 3 is 2.67 bits per heavy atom. The lowest BCUT2D eigenvalue weighted by atomic mass is 10.0. The quantitative estimate of drug-likeness (QED) is 0.364. The minimum Gasteiger partial charge on any atom is -0.495 e. The molecule has 1 aromatic carbocycles. The number of anilines is 1. The average molecular weight is 294 g/mol. The highest BCUT2D eigenvalue weighted by Gasteiger charge is 2.18. The lowest BCUT2D eigenvalue weighted by molar-refractivity contribution is -0.137. The van der Waals surface area contributed by atoms with E-state index in [1.807, 2.05) is 6.92 Å². The Labute approximate surface area is 124 Å². The molecule has 0 aliphatic carbocycles. The molecule has 0 saturated carbocycles. The fourth-order valence-corrected chi connectivity index (χ4v) is 2.03. The number of ether oxygens (including phenoxy) is 1. The highest BCUT2D eigenvalue weighted by atomic mass is 16.5. The van der Waals surface area contributed by atoms with Crippen LogP contribution in [-0.4, -0.2) is 36.6 Å². The van der Waals surface area contributed by atoms with Gasteiger partial charge in [0.1, 0.15) is 5.75 Å². The third kappa shape index (κ3) is 5.07. The number of carbonyl (C=O) groups excluding carboxylic acids is 1. The summed E-state index contributed by atoms with van der Waals surface area (Å²) in [6.45, 7) is 2.39. The van der Waals surface area contributed by atoms with Gasteiger partial charge in [0.05, 0.1) is 18.8 Å². The second kappa shape index (κ2) is 8.26. The zero-order valence-electron chi connectivity index (χ0n) is 12.4. The first-order valence-electron chi connectivity index (χ1n) is 6.92. The number of nitrogen functional groups attached to an aromatic ring is 1. The van der Waals surface area contributed by atoms with E-state index in [9.17, 15) is 9.59 Å². The number of hydrogen-bond acceptors (Lipinski definition) is 5. The van der Waals surface area contributed by atoms with Crippen molar-refractivity contribution in [1.82, 2.24) is 5.32 Å². The van der Waals surface area contributed by atoms with Gasteiger partial charge in [-0.3, -0.25) is 9.59 Å². The summed E-state index contributed by atoms with van der Waals surface area (Å²) in [5.74, 6) is -0.352. The molecule has 116 valence electrons. The van der Waals surface area contributed by atoms with E-state index in [-0.39, 0.29) is 18.2 Å². The number of nitrogens with one attached hydrogen (secondary N) is 1. The fraction of sp³-hybridized carbons (Fsp3) is 0.467. The fourth-order valence-electron chi connectivity index (χ4n) is 2.03. The van der Waals surface area contributed by atoms with Crippen LogP contribution in [0.5, 0.6) is 5.75 Å². The van der Waals surface area contributed by atoms with Crippen molar-refractivity contribution in [3.05, 3.63) is 23.8 Å². The van der Waals surface area contributed by atoms with E-state index >= 15 is 0 Å². The zero-order valence-corrected chi connectivity index (χ0v) is 12.4. The van der Waals surface area contributed by atoms with Crippen LogP contribution in [0.2, 0.25) is 0 Å². The Hall–Kier alpha value is -2.08. The van der Waals surface area contributed by atoms with E-state index < -0.39 is 5.97 Å². The number of carboxylic acids is 1. The molecule has 0 amide bonds. The van der Waals surface area contributed by atoms with E-state index in [0.29, 0.717) is 36.4 Å². The molecule has 0 bridgehead atoms. The van der Waals surface area contributed by atoms with Crippen molar-refractivity contribution in [3.8, 4) is 5.75 Å². The van der Waals surface area contributed by atoms with Gasteiger partial charge in [0, 0.05) is 12.0 Å². The Kier molecular flexibility index (Phi) is 6.68. The van der Waals surface area contributed by atoms with Crippen LogP contribution in [0.3, 0.4) is 0 Å². The summed E-state index contributed by atoms with van der Waals surface area (Å²) in [5.41, 5.74) is 6.74. The summed E-state index contributed by atoms with van der Waals surface area (Å²) >= 11 is 0. The predicted molar refractivity (Wildman–Crippen MR) is 80.7 cm³/mol. The first kappa shape index (κ1) is 17.0. The Morgan fingerprint density at radius 1 is 1.43 bits per heavy atom. The minimum absolute atomic E-state index is 0.0535. The van der Waals surface area contributed by atoms with Gasteiger partial charge in [0.2, 0.25) is 0 Å². The molecule has 4 N–H and O–H groups in total. The number of carbonyl (C=O) groups is 2. The summed E-state index contributed by atoms with van der Waals surface area (Å²) in [7, 11) is 1.52. The van der Waals surface area contributed by atoms with Crippen molar-refractivity contribution >= 4 is 17.4 Å². The van der Waals surface area contributed by atoms with E-state index in [2.05, 4.69) is 5.32 Å². The summed E-state index contributed by atoms with van der Waals surface area (Å²) in [4.78, 5) is 22.8. The highest BCUT2D eigenvalue weighted by Crippen LogP contribution is 2.22. The van der Waals surface area contributed by atoms with Gasteiger partial charge < -0.3 is 20.9 Å². The molecule has 1 aromatic rings. The van der Waals surface area contributed by atoms with Gasteiger partial charge in [-0.1, -0.05) is 6.92 Å². The normalized spacial score (nSPS) is 11.9. The van der Waals surface area contributed by atoms with E-state index in [0.717, 1.165) is 0 Å². The topological polar surface area (TPSA) is 102 Å². The van der Waals surface area contributed by atoms with Crippen LogP contribution in [0.1, 0.15) is 36.5 Å².